The first-order valence-electron chi connectivity index (χ1n) is 7.91. The molecule has 0 radical (unpaired) electrons. The van der Waals surface area contributed by atoms with E-state index in [4.69, 9.17) is 0 Å². The Bertz CT molecular complexity index is 818. The highest BCUT2D eigenvalue weighted by molar-refractivity contribution is 7.13. The Kier molecular flexibility index (Phi) is 5.08. The van der Waals surface area contributed by atoms with Crippen LogP contribution >= 0.6 is 11.3 Å². The lowest BCUT2D eigenvalue weighted by Crippen LogP contribution is -2.31. The van der Waals surface area contributed by atoms with Crippen LogP contribution in [-0.4, -0.2) is 28.9 Å². The average Bonchev–Trinajstić information content (AvgIpc) is 3.17. The van der Waals surface area contributed by atoms with Crippen LogP contribution in [0.1, 0.15) is 24.1 Å². The van der Waals surface area contributed by atoms with Crippen molar-refractivity contribution in [1.29, 1.82) is 0 Å². The van der Waals surface area contributed by atoms with Gasteiger partial charge < -0.3 is 10.6 Å². The number of nitrogens with zero attached hydrogens (tertiary/aromatic N) is 1. The Morgan fingerprint density at radius 3 is 2.92 bits per heavy atom. The molecule has 0 saturated carbocycles. The van der Waals surface area contributed by atoms with Gasteiger partial charge in [0, 0.05) is 17.4 Å². The molecule has 0 spiro atoms. The Labute approximate surface area is 148 Å². The Hall–Kier alpha value is -2.74. The van der Waals surface area contributed by atoms with Crippen molar-refractivity contribution in [1.82, 2.24) is 20.9 Å². The van der Waals surface area contributed by atoms with Crippen LogP contribution in [0.25, 0.3) is 10.6 Å². The summed E-state index contributed by atoms with van der Waals surface area (Å²) in [6.07, 6.45) is 0.433. The van der Waals surface area contributed by atoms with Crippen molar-refractivity contribution in [2.24, 2.45) is 0 Å². The topological polar surface area (TPSA) is 100 Å². The molecule has 1 saturated heterocycles. The number of thiazole rings is 1. The van der Waals surface area contributed by atoms with Gasteiger partial charge >= 0.3 is 6.03 Å². The minimum Gasteiger partial charge on any atom is -0.350 e. The zero-order valence-corrected chi connectivity index (χ0v) is 14.5. The molecule has 0 unspecified atom stereocenters. The predicted octanol–water partition coefficient (Wildman–Crippen LogP) is 1.72. The number of amides is 4. The summed E-state index contributed by atoms with van der Waals surface area (Å²) in [6.45, 7) is 2.37. The highest BCUT2D eigenvalue weighted by atomic mass is 32.1. The lowest BCUT2D eigenvalue weighted by atomic mass is 10.1. The SMILES string of the molecule is Cc1cccc(-c2nc(CNC(=O)CC[C@@H]3NC(=O)NC3=O)cs2)c1. The van der Waals surface area contributed by atoms with Gasteiger partial charge in [-0.2, -0.15) is 0 Å². The molecule has 25 heavy (non-hydrogen) atoms. The van der Waals surface area contributed by atoms with Crippen molar-refractivity contribution in [2.75, 3.05) is 0 Å². The number of carbonyl (C=O) groups is 3. The van der Waals surface area contributed by atoms with Crippen molar-refractivity contribution in [2.45, 2.75) is 32.4 Å². The van der Waals surface area contributed by atoms with E-state index in [1.807, 2.05) is 30.5 Å². The second-order valence-electron chi connectivity index (χ2n) is 5.84. The molecule has 1 aliphatic rings. The standard InChI is InChI=1S/C17H18N4O3S/c1-10-3-2-4-11(7-10)16-19-12(9-25-16)8-18-14(22)6-5-13-15(23)21-17(24)20-13/h2-4,7,9,13H,5-6,8H2,1H3,(H,18,22)(H2,20,21,23,24)/t13-/m0/s1. The molecular formula is C17H18N4O3S. The van der Waals surface area contributed by atoms with Gasteiger partial charge in [-0.25, -0.2) is 9.78 Å². The number of benzene rings is 1. The minimum atomic E-state index is -0.634. The molecule has 0 bridgehead atoms. The number of nitrogens with one attached hydrogen (secondary N) is 3. The van der Waals surface area contributed by atoms with E-state index in [1.165, 1.54) is 16.9 Å². The van der Waals surface area contributed by atoms with E-state index in [1.54, 1.807) is 0 Å². The molecule has 3 rings (SSSR count). The number of hydrogen-bond acceptors (Lipinski definition) is 5. The van der Waals surface area contributed by atoms with Crippen molar-refractivity contribution in [3.63, 3.8) is 0 Å². The van der Waals surface area contributed by atoms with E-state index >= 15 is 0 Å². The van der Waals surface area contributed by atoms with Gasteiger partial charge in [-0.05, 0) is 19.4 Å². The number of urea groups is 1. The van der Waals surface area contributed by atoms with Gasteiger partial charge in [0.2, 0.25) is 5.91 Å². The van der Waals surface area contributed by atoms with E-state index in [0.717, 1.165) is 16.3 Å². The molecule has 1 aliphatic heterocycles. The number of aryl methyl sites for hydroxylation is 1. The van der Waals surface area contributed by atoms with Crippen molar-refractivity contribution in [3.8, 4) is 10.6 Å². The monoisotopic (exact) mass is 358 g/mol. The third-order valence-corrected chi connectivity index (χ3v) is 4.74. The first kappa shape index (κ1) is 17.1. The lowest BCUT2D eigenvalue weighted by Gasteiger charge is -2.07. The maximum Gasteiger partial charge on any atom is 0.322 e. The molecule has 4 amide bonds. The zero-order valence-electron chi connectivity index (χ0n) is 13.7. The van der Waals surface area contributed by atoms with Gasteiger partial charge in [-0.3, -0.25) is 14.9 Å². The molecule has 2 aromatic rings. The molecule has 1 atom stereocenters. The average molecular weight is 358 g/mol. The molecule has 1 aromatic carbocycles. The lowest BCUT2D eigenvalue weighted by molar-refractivity contribution is -0.122. The van der Waals surface area contributed by atoms with Crippen molar-refractivity contribution < 1.29 is 14.4 Å². The number of imide groups is 1. The second kappa shape index (κ2) is 7.43. The summed E-state index contributed by atoms with van der Waals surface area (Å²) in [7, 11) is 0. The molecule has 7 nitrogen and oxygen atoms in total. The van der Waals surface area contributed by atoms with Crippen LogP contribution < -0.4 is 16.0 Å². The summed E-state index contributed by atoms with van der Waals surface area (Å²) in [5.74, 6) is -0.570. The molecule has 2 heterocycles. The highest BCUT2D eigenvalue weighted by Gasteiger charge is 2.29. The fourth-order valence-electron chi connectivity index (χ4n) is 2.51. The number of aromatic nitrogens is 1. The molecule has 0 aliphatic carbocycles. The summed E-state index contributed by atoms with van der Waals surface area (Å²) in [4.78, 5) is 38.9. The van der Waals surface area contributed by atoms with Crippen LogP contribution in [0.15, 0.2) is 29.6 Å². The van der Waals surface area contributed by atoms with Crippen LogP contribution in [0.3, 0.4) is 0 Å². The maximum absolute atomic E-state index is 11.9. The zero-order chi connectivity index (χ0) is 17.8. The fourth-order valence-corrected chi connectivity index (χ4v) is 3.33. The third kappa shape index (κ3) is 4.42. The van der Waals surface area contributed by atoms with E-state index in [9.17, 15) is 14.4 Å². The van der Waals surface area contributed by atoms with Gasteiger partial charge in [0.1, 0.15) is 11.0 Å². The first-order chi connectivity index (χ1) is 12.0. The first-order valence-corrected chi connectivity index (χ1v) is 8.79. The van der Waals surface area contributed by atoms with E-state index in [-0.39, 0.29) is 24.7 Å². The summed E-state index contributed by atoms with van der Waals surface area (Å²) < 4.78 is 0. The van der Waals surface area contributed by atoms with Gasteiger partial charge in [-0.1, -0.05) is 23.8 Å². The quantitative estimate of drug-likeness (QED) is 0.685. The van der Waals surface area contributed by atoms with E-state index in [0.29, 0.717) is 6.54 Å². The summed E-state index contributed by atoms with van der Waals surface area (Å²) in [6, 6.07) is 6.96. The van der Waals surface area contributed by atoms with Crippen LogP contribution in [-0.2, 0) is 16.1 Å². The molecule has 1 fully saturated rings. The van der Waals surface area contributed by atoms with Crippen LogP contribution in [0, 0.1) is 6.92 Å². The van der Waals surface area contributed by atoms with Gasteiger partial charge in [0.25, 0.3) is 5.91 Å². The fraction of sp³-hybridized carbons (Fsp3) is 0.294. The molecule has 3 N–H and O–H groups in total. The number of rotatable bonds is 6. The summed E-state index contributed by atoms with van der Waals surface area (Å²) in [5.41, 5.74) is 3.03. The summed E-state index contributed by atoms with van der Waals surface area (Å²) >= 11 is 1.53. The normalized spacial score (nSPS) is 16.4. The van der Waals surface area contributed by atoms with Gasteiger partial charge in [0.05, 0.1) is 12.2 Å². The maximum atomic E-state index is 11.9. The van der Waals surface area contributed by atoms with Crippen LogP contribution in [0.5, 0.6) is 0 Å². The minimum absolute atomic E-state index is 0.160. The second-order valence-corrected chi connectivity index (χ2v) is 6.70. The van der Waals surface area contributed by atoms with Crippen molar-refractivity contribution >= 4 is 29.2 Å². The van der Waals surface area contributed by atoms with Crippen LogP contribution in [0.4, 0.5) is 4.79 Å². The summed E-state index contributed by atoms with van der Waals surface area (Å²) in [5, 5.41) is 10.2. The molecular weight excluding hydrogens is 340 g/mol. The molecule has 8 heteroatoms. The van der Waals surface area contributed by atoms with Gasteiger partial charge in [-0.15, -0.1) is 11.3 Å². The Morgan fingerprint density at radius 1 is 1.36 bits per heavy atom. The number of carbonyl (C=O) groups excluding carboxylic acids is 3. The third-order valence-electron chi connectivity index (χ3n) is 3.80. The Balaban J connectivity index is 1.48. The number of hydrogen-bond donors (Lipinski definition) is 3. The molecule has 130 valence electrons. The molecule has 1 aromatic heterocycles. The predicted molar refractivity (Wildman–Crippen MR) is 93.8 cm³/mol. The van der Waals surface area contributed by atoms with E-state index < -0.39 is 12.1 Å². The van der Waals surface area contributed by atoms with Crippen molar-refractivity contribution in [3.05, 3.63) is 40.9 Å². The smallest absolute Gasteiger partial charge is 0.322 e. The van der Waals surface area contributed by atoms with E-state index in [2.05, 4.69) is 27.0 Å². The Morgan fingerprint density at radius 2 is 2.20 bits per heavy atom. The van der Waals surface area contributed by atoms with Crippen LogP contribution in [0.2, 0.25) is 0 Å². The van der Waals surface area contributed by atoms with Gasteiger partial charge in [0.15, 0.2) is 0 Å². The highest BCUT2D eigenvalue weighted by Crippen LogP contribution is 2.24. The largest absolute Gasteiger partial charge is 0.350 e.